The fourth-order valence-electron chi connectivity index (χ4n) is 6.02. The minimum absolute atomic E-state index is 0. The first-order valence-electron chi connectivity index (χ1n) is 18.1. The van der Waals surface area contributed by atoms with Crippen LogP contribution in [0.3, 0.4) is 0 Å². The minimum Gasteiger partial charge on any atom is -0.870 e. The van der Waals surface area contributed by atoms with Crippen LogP contribution in [0.25, 0.3) is 0 Å². The maximum Gasteiger partial charge on any atom is 1.00 e. The maximum absolute atomic E-state index is 10.9. The third-order valence-electron chi connectivity index (χ3n) is 9.29. The summed E-state index contributed by atoms with van der Waals surface area (Å²) in [5.41, 5.74) is 0. The molecule has 0 saturated heterocycles. The summed E-state index contributed by atoms with van der Waals surface area (Å²) in [5.74, 6) is 2.20. The Morgan fingerprint density at radius 2 is 0.667 bits per heavy atom. The Kier molecular flexibility index (Phi) is 30.2. The first-order valence-corrected chi connectivity index (χ1v) is 25.9. The molecule has 0 heterocycles. The van der Waals surface area contributed by atoms with Gasteiger partial charge in [0.1, 0.15) is 47.6 Å². The fourth-order valence-corrected chi connectivity index (χ4v) is 8.30. The van der Waals surface area contributed by atoms with E-state index in [-0.39, 0.29) is 140 Å². The molecule has 63 heavy (non-hydrogen) atoms. The summed E-state index contributed by atoms with van der Waals surface area (Å²) in [7, 11) is -20.0. The number of phenols is 1. The van der Waals surface area contributed by atoms with E-state index in [1.54, 1.807) is 0 Å². The molecule has 0 aromatic heterocycles. The number of hydrogen-bond acceptors (Lipinski definition) is 19. The van der Waals surface area contributed by atoms with E-state index >= 15 is 0 Å². The van der Waals surface area contributed by atoms with E-state index in [9.17, 15) is 55.7 Å². The molecule has 3 aromatic carbocycles. The van der Waals surface area contributed by atoms with E-state index in [1.807, 2.05) is 0 Å². The van der Waals surface area contributed by atoms with E-state index in [0.717, 1.165) is 88.1 Å². The standard InChI is InChI=1S/C20H24O8S2.C10H20O6S2.C6H6O4S.3Na.H2O/c21-29(22,23)19-9-5-17(6-10-19)27-13-15-1-2-16(4-3-15)14-28-18-7-11-20(12-8-18)30(24,25)26;1-17(11,12)15-7-9-3-5-10(6-4-9)8-16-18(2,13)14;7-5-1-3-6(4-2-5)11(8,9)10;;;;/h5-12,15-16H,1-4,13-14H2,(H,21,22,23)(H,24,25,26);9-10H,3-8H2,1-2H3;1-4,7H,(H,8,9,10);;;;1H2/q;;;3*+1;/p-4. The first kappa shape index (κ1) is 64.7. The molecular formula is C36H48Na3O19S5-. The third kappa shape index (κ3) is 27.2. The number of rotatable bonds is 15. The van der Waals surface area contributed by atoms with E-state index < -0.39 is 50.6 Å². The molecule has 3 aromatic rings. The third-order valence-corrected chi connectivity index (χ3v) is 13.0. The van der Waals surface area contributed by atoms with Crippen molar-refractivity contribution in [3.63, 3.8) is 0 Å². The number of phenolic OH excluding ortho intramolecular Hbond substituents is 1. The number of benzene rings is 3. The van der Waals surface area contributed by atoms with Gasteiger partial charge < -0.3 is 33.7 Å². The monoisotopic (exact) mass is 1010 g/mol. The molecule has 2 aliphatic carbocycles. The Hall–Kier alpha value is -0.430. The van der Waals surface area contributed by atoms with Crippen LogP contribution < -0.4 is 98.1 Å². The fraction of sp³-hybridized carbons (Fsp3) is 0.500. The molecule has 5 rings (SSSR count). The first-order chi connectivity index (χ1) is 27.3. The van der Waals surface area contributed by atoms with Gasteiger partial charge in [-0.15, -0.1) is 0 Å². The molecule has 0 atom stereocenters. The van der Waals surface area contributed by atoms with Gasteiger partial charge in [0.2, 0.25) is 0 Å². The van der Waals surface area contributed by atoms with Gasteiger partial charge in [0.15, 0.2) is 0 Å². The van der Waals surface area contributed by atoms with Crippen molar-refractivity contribution in [3.8, 4) is 17.2 Å². The molecule has 2 N–H and O–H groups in total. The summed E-state index contributed by atoms with van der Waals surface area (Å²) in [6.45, 7) is 1.47. The van der Waals surface area contributed by atoms with Crippen LogP contribution in [0.2, 0.25) is 0 Å². The van der Waals surface area contributed by atoms with Crippen LogP contribution in [0.5, 0.6) is 17.2 Å². The molecule has 0 radical (unpaired) electrons. The SMILES string of the molecule is CS(=O)(=O)OCC1CCC(COS(C)(=O)=O)CC1.O=S(=O)([O-])c1ccc(O)cc1.O=S(=O)([O-])c1ccc(OCC2CCC(COc3ccc(S(=O)(=O)[O-])cc3)CC2)cc1.[Na+].[Na+].[Na+].[OH-]. The van der Waals surface area contributed by atoms with Crippen molar-refractivity contribution in [1.82, 2.24) is 0 Å². The van der Waals surface area contributed by atoms with Crippen molar-refractivity contribution in [2.24, 2.45) is 23.7 Å². The predicted molar refractivity (Wildman–Crippen MR) is 210 cm³/mol. The summed E-state index contributed by atoms with van der Waals surface area (Å²) < 4.78 is 161. The molecule has 2 aliphatic rings. The molecule has 0 aliphatic heterocycles. The van der Waals surface area contributed by atoms with Gasteiger partial charge in [-0.05, 0) is 148 Å². The van der Waals surface area contributed by atoms with E-state index in [0.29, 0.717) is 36.5 Å². The molecule has 340 valence electrons. The Morgan fingerprint density at radius 1 is 0.444 bits per heavy atom. The molecule has 2 fully saturated rings. The quantitative estimate of drug-likeness (QED) is 0.0844. The average Bonchev–Trinajstić information content (AvgIpc) is 3.15. The van der Waals surface area contributed by atoms with Crippen molar-refractivity contribution in [1.29, 1.82) is 0 Å². The van der Waals surface area contributed by atoms with Crippen LogP contribution in [-0.4, -0.2) is 105 Å². The number of ether oxygens (including phenoxy) is 2. The van der Waals surface area contributed by atoms with Gasteiger partial charge in [0.05, 0.1) is 53.6 Å². The van der Waals surface area contributed by atoms with Crippen LogP contribution >= 0.6 is 0 Å². The molecule has 0 unspecified atom stereocenters. The second kappa shape index (κ2) is 29.5. The van der Waals surface area contributed by atoms with Gasteiger partial charge in [-0.1, -0.05) is 0 Å². The Balaban J connectivity index is 0. The predicted octanol–water partition coefficient (Wildman–Crippen LogP) is -5.36. The van der Waals surface area contributed by atoms with Crippen LogP contribution in [0.1, 0.15) is 51.4 Å². The van der Waals surface area contributed by atoms with Gasteiger partial charge in [0, 0.05) is 0 Å². The van der Waals surface area contributed by atoms with Crippen molar-refractivity contribution in [3.05, 3.63) is 72.8 Å². The summed E-state index contributed by atoms with van der Waals surface area (Å²) in [6, 6.07) is 15.3. The summed E-state index contributed by atoms with van der Waals surface area (Å²) in [6.07, 6.45) is 9.31. The van der Waals surface area contributed by atoms with Gasteiger partial charge in [-0.3, -0.25) is 8.37 Å². The molecule has 0 amide bonds. The van der Waals surface area contributed by atoms with Gasteiger partial charge >= 0.3 is 88.7 Å². The van der Waals surface area contributed by atoms with Crippen LogP contribution in [0.4, 0.5) is 0 Å². The minimum atomic E-state index is -4.45. The number of hydrogen-bond donors (Lipinski definition) is 1. The summed E-state index contributed by atoms with van der Waals surface area (Å²) in [4.78, 5) is -0.894. The van der Waals surface area contributed by atoms with Crippen molar-refractivity contribution in [2.45, 2.75) is 66.1 Å². The molecular weight excluding hydrogens is 966 g/mol. The van der Waals surface area contributed by atoms with Crippen molar-refractivity contribution >= 4 is 50.6 Å². The van der Waals surface area contributed by atoms with Crippen LogP contribution in [0, 0.1) is 23.7 Å². The Labute approximate surface area is 437 Å². The zero-order valence-corrected chi connectivity index (χ0v) is 45.7. The average molecular weight is 1010 g/mol. The smallest absolute Gasteiger partial charge is 0.870 e. The zero-order valence-electron chi connectivity index (χ0n) is 35.6. The Bertz CT molecular complexity index is 2200. The molecule has 2 saturated carbocycles. The summed E-state index contributed by atoms with van der Waals surface area (Å²) >= 11 is 0. The largest absolute Gasteiger partial charge is 1.00 e. The van der Waals surface area contributed by atoms with E-state index in [1.165, 1.54) is 48.5 Å². The zero-order chi connectivity index (χ0) is 44.1. The molecule has 0 spiro atoms. The second-order valence-corrected chi connectivity index (χ2v) is 21.6. The molecule has 27 heteroatoms. The van der Waals surface area contributed by atoms with Crippen molar-refractivity contribution < 1.29 is 173 Å². The summed E-state index contributed by atoms with van der Waals surface area (Å²) in [5, 5.41) is 8.73. The second-order valence-electron chi connectivity index (χ2n) is 14.2. The van der Waals surface area contributed by atoms with Crippen molar-refractivity contribution in [2.75, 3.05) is 38.9 Å². The molecule has 0 bridgehead atoms. The van der Waals surface area contributed by atoms with E-state index in [2.05, 4.69) is 0 Å². The number of aromatic hydroxyl groups is 1. The van der Waals surface area contributed by atoms with Gasteiger partial charge in [-0.2, -0.15) is 16.8 Å². The van der Waals surface area contributed by atoms with E-state index in [4.69, 9.17) is 22.9 Å². The van der Waals surface area contributed by atoms with Crippen LogP contribution in [-0.2, 0) is 59.0 Å². The van der Waals surface area contributed by atoms with Crippen LogP contribution in [0.15, 0.2) is 87.5 Å². The Morgan fingerprint density at radius 3 is 0.889 bits per heavy atom. The topological polar surface area (TPSA) is 327 Å². The molecule has 19 nitrogen and oxygen atoms in total. The van der Waals surface area contributed by atoms with Gasteiger partial charge in [-0.25, -0.2) is 25.3 Å². The normalized spacial score (nSPS) is 18.9. The maximum atomic E-state index is 10.9. The van der Waals surface area contributed by atoms with Gasteiger partial charge in [0.25, 0.3) is 20.2 Å².